The van der Waals surface area contributed by atoms with E-state index < -0.39 is 0 Å². The van der Waals surface area contributed by atoms with Crippen molar-refractivity contribution in [2.75, 3.05) is 12.4 Å². The quantitative estimate of drug-likeness (QED) is 0.837. The second-order valence-electron chi connectivity index (χ2n) is 4.00. The third-order valence-electron chi connectivity index (χ3n) is 2.65. The molecule has 0 unspecified atom stereocenters. The lowest BCUT2D eigenvalue weighted by Crippen LogP contribution is -1.85. The van der Waals surface area contributed by atoms with Gasteiger partial charge in [0.05, 0.1) is 5.69 Å². The third kappa shape index (κ3) is 1.81. The Hall–Kier alpha value is -1.77. The molecule has 0 spiro atoms. The maximum atomic E-state index is 5.66. The molecule has 84 valence electrons. The first-order valence-corrected chi connectivity index (χ1v) is 5.34. The predicted octanol–water partition coefficient (Wildman–Crippen LogP) is 3.31. The number of hydrogen-bond donors (Lipinski definition) is 1. The Balaban J connectivity index is 2.57. The lowest BCUT2D eigenvalue weighted by Gasteiger charge is -2.04. The number of hydrogen-bond acceptors (Lipinski definition) is 3. The molecule has 0 saturated carbocycles. The number of oxazole rings is 1. The molecule has 1 aromatic heterocycles. The minimum absolute atomic E-state index is 0.563. The first-order chi connectivity index (χ1) is 7.61. The Kier molecular flexibility index (Phi) is 2.69. The lowest BCUT2D eigenvalue weighted by atomic mass is 10.0. The summed E-state index contributed by atoms with van der Waals surface area (Å²) in [6.45, 7) is 6.12. The first-order valence-electron chi connectivity index (χ1n) is 5.34. The maximum Gasteiger partial charge on any atom is 0.295 e. The summed E-state index contributed by atoms with van der Waals surface area (Å²) in [6, 6.07) is 6.89. The molecule has 1 N–H and O–H groups in total. The molecule has 3 heteroatoms. The van der Waals surface area contributed by atoms with Crippen molar-refractivity contribution >= 4 is 6.01 Å². The van der Waals surface area contributed by atoms with Crippen molar-refractivity contribution in [3.63, 3.8) is 0 Å². The van der Waals surface area contributed by atoms with Crippen molar-refractivity contribution in [2.24, 2.45) is 0 Å². The molecule has 1 aromatic carbocycles. The molecule has 3 nitrogen and oxygen atoms in total. The topological polar surface area (TPSA) is 38.1 Å². The zero-order valence-electron chi connectivity index (χ0n) is 10.1. The molecule has 2 rings (SSSR count). The van der Waals surface area contributed by atoms with Gasteiger partial charge in [0.1, 0.15) is 0 Å². The van der Waals surface area contributed by atoms with Crippen LogP contribution in [-0.4, -0.2) is 12.0 Å². The third-order valence-corrected chi connectivity index (χ3v) is 2.65. The molecule has 0 aliphatic carbocycles. The highest BCUT2D eigenvalue weighted by atomic mass is 16.4. The summed E-state index contributed by atoms with van der Waals surface area (Å²) in [6.07, 6.45) is 0. The van der Waals surface area contributed by atoms with Gasteiger partial charge in [-0.1, -0.05) is 17.7 Å². The molecule has 2 aromatic rings. The summed E-state index contributed by atoms with van der Waals surface area (Å²) >= 11 is 0. The van der Waals surface area contributed by atoms with Gasteiger partial charge < -0.3 is 9.73 Å². The van der Waals surface area contributed by atoms with Crippen LogP contribution in [0.5, 0.6) is 0 Å². The van der Waals surface area contributed by atoms with Crippen molar-refractivity contribution in [1.29, 1.82) is 0 Å². The van der Waals surface area contributed by atoms with Crippen molar-refractivity contribution < 1.29 is 4.42 Å². The fourth-order valence-electron chi connectivity index (χ4n) is 1.73. The van der Waals surface area contributed by atoms with Gasteiger partial charge in [-0.3, -0.25) is 0 Å². The van der Waals surface area contributed by atoms with Crippen LogP contribution < -0.4 is 5.32 Å². The van der Waals surface area contributed by atoms with E-state index in [2.05, 4.69) is 42.3 Å². The summed E-state index contributed by atoms with van der Waals surface area (Å²) in [5, 5.41) is 2.91. The van der Waals surface area contributed by atoms with Crippen molar-refractivity contribution in [1.82, 2.24) is 4.98 Å². The van der Waals surface area contributed by atoms with Crippen molar-refractivity contribution in [2.45, 2.75) is 20.8 Å². The van der Waals surface area contributed by atoms with E-state index in [1.54, 1.807) is 7.05 Å². The average Bonchev–Trinajstić information content (AvgIpc) is 2.63. The number of rotatable bonds is 2. The number of nitrogens with one attached hydrogen (secondary N) is 1. The zero-order chi connectivity index (χ0) is 11.7. The van der Waals surface area contributed by atoms with Gasteiger partial charge in [-0.25, -0.2) is 0 Å². The van der Waals surface area contributed by atoms with E-state index in [1.807, 2.05) is 6.92 Å². The van der Waals surface area contributed by atoms with E-state index in [1.165, 1.54) is 11.1 Å². The van der Waals surface area contributed by atoms with Crippen LogP contribution in [0.3, 0.4) is 0 Å². The highest BCUT2D eigenvalue weighted by Crippen LogP contribution is 2.29. The van der Waals surface area contributed by atoms with Crippen molar-refractivity contribution in [3.05, 3.63) is 35.0 Å². The predicted molar refractivity (Wildman–Crippen MR) is 65.7 cm³/mol. The van der Waals surface area contributed by atoms with E-state index in [9.17, 15) is 0 Å². The second kappa shape index (κ2) is 4.00. The van der Waals surface area contributed by atoms with Gasteiger partial charge in [0.15, 0.2) is 5.76 Å². The number of nitrogens with zero attached hydrogens (tertiary/aromatic N) is 1. The van der Waals surface area contributed by atoms with Crippen molar-refractivity contribution in [3.8, 4) is 11.3 Å². The molecule has 0 saturated heterocycles. The standard InChI is InChI=1S/C13H16N2O/c1-8-5-6-9(2)11(7-8)12-10(3)15-13(14-4)16-12/h5-7H,1-4H3,(H,14,15). The largest absolute Gasteiger partial charge is 0.423 e. The van der Waals surface area contributed by atoms with Crippen LogP contribution in [0.1, 0.15) is 16.8 Å². The molecule has 0 aliphatic heterocycles. The zero-order valence-corrected chi connectivity index (χ0v) is 10.1. The molecule has 0 aliphatic rings. The summed E-state index contributed by atoms with van der Waals surface area (Å²) in [5.41, 5.74) is 4.46. The molecule has 0 bridgehead atoms. The molecule has 0 atom stereocenters. The minimum atomic E-state index is 0.563. The lowest BCUT2D eigenvalue weighted by molar-refractivity contribution is 0.588. The minimum Gasteiger partial charge on any atom is -0.423 e. The monoisotopic (exact) mass is 216 g/mol. The molecule has 16 heavy (non-hydrogen) atoms. The first kappa shape index (κ1) is 10.7. The molecular formula is C13H16N2O. The molecule has 0 radical (unpaired) electrons. The Bertz CT molecular complexity index is 515. The van der Waals surface area contributed by atoms with Crippen LogP contribution in [-0.2, 0) is 0 Å². The van der Waals surface area contributed by atoms with Crippen LogP contribution in [0.4, 0.5) is 6.01 Å². The molecule has 0 amide bonds. The van der Waals surface area contributed by atoms with E-state index in [0.29, 0.717) is 6.01 Å². The highest BCUT2D eigenvalue weighted by molar-refractivity contribution is 5.65. The average molecular weight is 216 g/mol. The van der Waals surface area contributed by atoms with Gasteiger partial charge in [0.2, 0.25) is 0 Å². The number of benzene rings is 1. The maximum absolute atomic E-state index is 5.66. The summed E-state index contributed by atoms with van der Waals surface area (Å²) in [7, 11) is 1.80. The van der Waals surface area contributed by atoms with Crippen LogP contribution in [0.2, 0.25) is 0 Å². The van der Waals surface area contributed by atoms with Gasteiger partial charge in [-0.2, -0.15) is 4.98 Å². The fourth-order valence-corrected chi connectivity index (χ4v) is 1.73. The van der Waals surface area contributed by atoms with E-state index >= 15 is 0 Å². The Labute approximate surface area is 95.5 Å². The Morgan fingerprint density at radius 3 is 2.56 bits per heavy atom. The fraction of sp³-hybridized carbons (Fsp3) is 0.308. The smallest absolute Gasteiger partial charge is 0.295 e. The number of aromatic nitrogens is 1. The van der Waals surface area contributed by atoms with Crippen LogP contribution >= 0.6 is 0 Å². The van der Waals surface area contributed by atoms with Crippen LogP contribution in [0.15, 0.2) is 22.6 Å². The molecule has 1 heterocycles. The van der Waals surface area contributed by atoms with Gasteiger partial charge in [-0.05, 0) is 32.4 Å². The van der Waals surface area contributed by atoms with Crippen LogP contribution in [0, 0.1) is 20.8 Å². The van der Waals surface area contributed by atoms with Gasteiger partial charge in [0, 0.05) is 12.6 Å². The van der Waals surface area contributed by atoms with Gasteiger partial charge >= 0.3 is 0 Å². The highest BCUT2D eigenvalue weighted by Gasteiger charge is 2.12. The summed E-state index contributed by atoms with van der Waals surface area (Å²) in [4.78, 5) is 4.30. The normalized spacial score (nSPS) is 10.5. The Morgan fingerprint density at radius 1 is 1.19 bits per heavy atom. The van der Waals surface area contributed by atoms with E-state index in [0.717, 1.165) is 17.0 Å². The molecule has 0 fully saturated rings. The van der Waals surface area contributed by atoms with Gasteiger partial charge in [-0.15, -0.1) is 0 Å². The van der Waals surface area contributed by atoms with Crippen LogP contribution in [0.25, 0.3) is 11.3 Å². The summed E-state index contributed by atoms with van der Waals surface area (Å²) in [5.74, 6) is 0.852. The number of anilines is 1. The number of aryl methyl sites for hydroxylation is 3. The van der Waals surface area contributed by atoms with E-state index in [-0.39, 0.29) is 0 Å². The summed E-state index contributed by atoms with van der Waals surface area (Å²) < 4.78 is 5.66. The Morgan fingerprint density at radius 2 is 1.94 bits per heavy atom. The van der Waals surface area contributed by atoms with Gasteiger partial charge in [0.25, 0.3) is 6.01 Å². The SMILES string of the molecule is CNc1nc(C)c(-c2cc(C)ccc2C)o1. The van der Waals surface area contributed by atoms with E-state index in [4.69, 9.17) is 4.42 Å². The second-order valence-corrected chi connectivity index (χ2v) is 4.00. The molecular weight excluding hydrogens is 200 g/mol.